The van der Waals surface area contributed by atoms with Crippen molar-refractivity contribution >= 4 is 11.3 Å². The minimum Gasteiger partial charge on any atom is -0.382 e. The van der Waals surface area contributed by atoms with Gasteiger partial charge in [-0.2, -0.15) is 0 Å². The molecule has 90 valence electrons. The van der Waals surface area contributed by atoms with Gasteiger partial charge in [-0.15, -0.1) is 11.3 Å². The van der Waals surface area contributed by atoms with Gasteiger partial charge in [0.05, 0.1) is 10.7 Å². The maximum atomic E-state index is 13.4. The molecule has 1 N–H and O–H groups in total. The van der Waals surface area contributed by atoms with Crippen LogP contribution in [0, 0.1) is 24.4 Å². The van der Waals surface area contributed by atoms with Gasteiger partial charge in [0, 0.05) is 10.9 Å². The summed E-state index contributed by atoms with van der Waals surface area (Å²) >= 11 is 1.28. The van der Waals surface area contributed by atoms with E-state index < -0.39 is 23.6 Å². The number of thiazole rings is 1. The molecule has 2 aromatic rings. The second kappa shape index (κ2) is 4.46. The van der Waals surface area contributed by atoms with Crippen LogP contribution in [0.5, 0.6) is 0 Å². The van der Waals surface area contributed by atoms with Crippen LogP contribution < -0.4 is 0 Å². The van der Waals surface area contributed by atoms with Crippen LogP contribution in [0.15, 0.2) is 17.5 Å². The number of aliphatic hydroxyl groups excluding tert-OH is 1. The second-order valence-electron chi connectivity index (χ2n) is 3.46. The first kappa shape index (κ1) is 12.1. The van der Waals surface area contributed by atoms with E-state index in [9.17, 15) is 18.3 Å². The Morgan fingerprint density at radius 3 is 2.53 bits per heavy atom. The molecule has 0 aliphatic heterocycles. The van der Waals surface area contributed by atoms with Gasteiger partial charge in [-0.3, -0.25) is 0 Å². The molecule has 1 atom stereocenters. The molecule has 17 heavy (non-hydrogen) atoms. The van der Waals surface area contributed by atoms with E-state index in [1.165, 1.54) is 11.3 Å². The summed E-state index contributed by atoms with van der Waals surface area (Å²) in [5.74, 6) is -4.26. The average molecular weight is 259 g/mol. The molecule has 0 aliphatic carbocycles. The topological polar surface area (TPSA) is 33.1 Å². The molecule has 0 spiro atoms. The van der Waals surface area contributed by atoms with Crippen LogP contribution in [0.4, 0.5) is 13.2 Å². The molecule has 1 unspecified atom stereocenters. The molecule has 0 amide bonds. The van der Waals surface area contributed by atoms with E-state index in [0.717, 1.165) is 12.1 Å². The Kier molecular flexibility index (Phi) is 3.17. The summed E-state index contributed by atoms with van der Waals surface area (Å²) in [6, 6.07) is 1.78. The maximum Gasteiger partial charge on any atom is 0.194 e. The predicted octanol–water partition coefficient (Wildman–Crippen LogP) is 2.95. The third-order valence-electron chi connectivity index (χ3n) is 2.28. The molecule has 2 nitrogen and oxygen atoms in total. The quantitative estimate of drug-likeness (QED) is 0.841. The highest BCUT2D eigenvalue weighted by Gasteiger charge is 2.21. The molecule has 1 heterocycles. The summed E-state index contributed by atoms with van der Waals surface area (Å²) in [5.41, 5.74) is -0.105. The lowest BCUT2D eigenvalue weighted by Crippen LogP contribution is -2.06. The van der Waals surface area contributed by atoms with Crippen molar-refractivity contribution < 1.29 is 18.3 Å². The van der Waals surface area contributed by atoms with Crippen molar-refractivity contribution in [2.75, 3.05) is 0 Å². The molecular weight excluding hydrogens is 251 g/mol. The summed E-state index contributed by atoms with van der Waals surface area (Å²) in [6.07, 6.45) is -1.39. The Balaban J connectivity index is 2.44. The van der Waals surface area contributed by atoms with Crippen LogP contribution in [0.3, 0.4) is 0 Å². The van der Waals surface area contributed by atoms with E-state index >= 15 is 0 Å². The summed E-state index contributed by atoms with van der Waals surface area (Å²) in [7, 11) is 0. The lowest BCUT2D eigenvalue weighted by Gasteiger charge is -2.10. The Hall–Kier alpha value is -1.40. The zero-order valence-corrected chi connectivity index (χ0v) is 9.56. The standard InChI is InChI=1S/C11H8F3NOS/c1-5-15-8(4-17-5)11(16)6-2-3-7(12)10(14)9(6)13/h2-4,11,16H,1H3. The number of halogens is 3. The van der Waals surface area contributed by atoms with Crippen LogP contribution in [-0.2, 0) is 0 Å². The normalized spacial score (nSPS) is 12.8. The fourth-order valence-corrected chi connectivity index (χ4v) is 2.05. The van der Waals surface area contributed by atoms with Crippen molar-refractivity contribution in [3.63, 3.8) is 0 Å². The summed E-state index contributed by atoms with van der Waals surface area (Å²) in [6.45, 7) is 1.72. The third-order valence-corrected chi connectivity index (χ3v) is 3.07. The highest BCUT2D eigenvalue weighted by Crippen LogP contribution is 2.27. The molecule has 2 rings (SSSR count). The molecule has 1 aromatic heterocycles. The molecule has 6 heteroatoms. The van der Waals surface area contributed by atoms with Crippen LogP contribution in [0.25, 0.3) is 0 Å². The summed E-state index contributed by atoms with van der Waals surface area (Å²) in [5, 5.41) is 12.1. The van der Waals surface area contributed by atoms with Gasteiger partial charge >= 0.3 is 0 Å². The summed E-state index contributed by atoms with van der Waals surface area (Å²) in [4.78, 5) is 3.97. The van der Waals surface area contributed by atoms with Crippen molar-refractivity contribution in [3.05, 3.63) is 51.2 Å². The van der Waals surface area contributed by atoms with E-state index in [-0.39, 0.29) is 11.3 Å². The lowest BCUT2D eigenvalue weighted by molar-refractivity contribution is 0.208. The number of hydrogen-bond acceptors (Lipinski definition) is 3. The van der Waals surface area contributed by atoms with E-state index in [2.05, 4.69) is 4.98 Å². The molecule has 0 fully saturated rings. The van der Waals surface area contributed by atoms with Crippen molar-refractivity contribution in [1.29, 1.82) is 0 Å². The Morgan fingerprint density at radius 1 is 1.24 bits per heavy atom. The van der Waals surface area contributed by atoms with Crippen molar-refractivity contribution in [2.45, 2.75) is 13.0 Å². The monoisotopic (exact) mass is 259 g/mol. The molecule has 0 radical (unpaired) electrons. The van der Waals surface area contributed by atoms with Gasteiger partial charge in [0.2, 0.25) is 0 Å². The number of hydrogen-bond donors (Lipinski definition) is 1. The smallest absolute Gasteiger partial charge is 0.194 e. The number of aromatic nitrogens is 1. The van der Waals surface area contributed by atoms with E-state index in [1.54, 1.807) is 12.3 Å². The minimum absolute atomic E-state index is 0.220. The highest BCUT2D eigenvalue weighted by molar-refractivity contribution is 7.09. The zero-order chi connectivity index (χ0) is 12.6. The van der Waals surface area contributed by atoms with Gasteiger partial charge < -0.3 is 5.11 Å². The zero-order valence-electron chi connectivity index (χ0n) is 8.75. The van der Waals surface area contributed by atoms with Crippen molar-refractivity contribution in [2.24, 2.45) is 0 Å². The first-order chi connectivity index (χ1) is 8.00. The highest BCUT2D eigenvalue weighted by atomic mass is 32.1. The van der Waals surface area contributed by atoms with Crippen LogP contribution in [-0.4, -0.2) is 10.1 Å². The van der Waals surface area contributed by atoms with Crippen LogP contribution >= 0.6 is 11.3 Å². The fourth-order valence-electron chi connectivity index (χ4n) is 1.42. The first-order valence-electron chi connectivity index (χ1n) is 4.74. The number of rotatable bonds is 2. The van der Waals surface area contributed by atoms with Gasteiger partial charge in [-0.1, -0.05) is 0 Å². The largest absolute Gasteiger partial charge is 0.382 e. The Bertz CT molecular complexity index is 556. The fraction of sp³-hybridized carbons (Fsp3) is 0.182. The minimum atomic E-state index is -1.59. The molecule has 0 bridgehead atoms. The first-order valence-corrected chi connectivity index (χ1v) is 5.62. The number of nitrogens with zero attached hydrogens (tertiary/aromatic N) is 1. The molecule has 0 saturated heterocycles. The van der Waals surface area contributed by atoms with Gasteiger partial charge in [0.15, 0.2) is 17.5 Å². The van der Waals surface area contributed by atoms with Gasteiger partial charge in [0.25, 0.3) is 0 Å². The maximum absolute atomic E-state index is 13.4. The second-order valence-corrected chi connectivity index (χ2v) is 4.52. The van der Waals surface area contributed by atoms with Gasteiger partial charge in [0.1, 0.15) is 6.10 Å². The molecule has 0 aliphatic rings. The SMILES string of the molecule is Cc1nc(C(O)c2ccc(F)c(F)c2F)cs1. The molecule has 1 aromatic carbocycles. The van der Waals surface area contributed by atoms with Crippen LogP contribution in [0.2, 0.25) is 0 Å². The van der Waals surface area contributed by atoms with Gasteiger partial charge in [-0.05, 0) is 19.1 Å². The van der Waals surface area contributed by atoms with E-state index in [4.69, 9.17) is 0 Å². The van der Waals surface area contributed by atoms with Crippen molar-refractivity contribution in [1.82, 2.24) is 4.98 Å². The van der Waals surface area contributed by atoms with Gasteiger partial charge in [-0.25, -0.2) is 18.2 Å². The lowest BCUT2D eigenvalue weighted by atomic mass is 10.1. The molecular formula is C11H8F3NOS. The van der Waals surface area contributed by atoms with Crippen molar-refractivity contribution in [3.8, 4) is 0 Å². The summed E-state index contributed by atoms with van der Waals surface area (Å²) < 4.78 is 39.1. The van der Waals surface area contributed by atoms with Crippen LogP contribution in [0.1, 0.15) is 22.4 Å². The number of benzene rings is 1. The Morgan fingerprint density at radius 2 is 1.94 bits per heavy atom. The molecule has 0 saturated carbocycles. The number of aryl methyl sites for hydroxylation is 1. The average Bonchev–Trinajstić information content (AvgIpc) is 2.72. The van der Waals surface area contributed by atoms with E-state index in [0.29, 0.717) is 5.01 Å². The Labute approximate surface area is 99.4 Å². The van der Waals surface area contributed by atoms with E-state index in [1.807, 2.05) is 0 Å². The third kappa shape index (κ3) is 2.18. The predicted molar refractivity (Wildman–Crippen MR) is 57.2 cm³/mol. The number of aliphatic hydroxyl groups is 1.